The fourth-order valence-corrected chi connectivity index (χ4v) is 2.98. The molecule has 0 spiro atoms. The Morgan fingerprint density at radius 2 is 1.91 bits per heavy atom. The predicted octanol–water partition coefficient (Wildman–Crippen LogP) is 3.57. The van der Waals surface area contributed by atoms with Crippen LogP contribution in [0.4, 0.5) is 5.13 Å². The highest BCUT2D eigenvalue weighted by Crippen LogP contribution is 2.35. The number of hydrogen-bond donors (Lipinski definition) is 1. The molecule has 0 bridgehead atoms. The molecule has 3 aromatic rings. The summed E-state index contributed by atoms with van der Waals surface area (Å²) in [6, 6.07) is 7.49. The number of aromatic nitrogens is 3. The molecular weight excluding hydrogens is 300 g/mol. The number of hydrogen-bond acceptors (Lipinski definition) is 7. The van der Waals surface area contributed by atoms with Gasteiger partial charge < -0.3 is 15.0 Å². The van der Waals surface area contributed by atoms with Crippen LogP contribution < -0.4 is 10.5 Å². The topological polar surface area (TPSA) is 87.1 Å². The molecule has 0 fully saturated rings. The SMILES string of the molecule is COc1ccc(-c2noc(-c3sc(N)nc3C(C)C)n2)cc1. The molecule has 0 radical (unpaired) electrons. The van der Waals surface area contributed by atoms with Crippen molar-refractivity contribution in [2.24, 2.45) is 0 Å². The van der Waals surface area contributed by atoms with Gasteiger partial charge in [0, 0.05) is 5.56 Å². The third-order valence-electron chi connectivity index (χ3n) is 3.19. The van der Waals surface area contributed by atoms with Crippen LogP contribution in [0.15, 0.2) is 28.8 Å². The monoisotopic (exact) mass is 316 g/mol. The van der Waals surface area contributed by atoms with Crippen molar-refractivity contribution < 1.29 is 9.26 Å². The minimum Gasteiger partial charge on any atom is -0.497 e. The van der Waals surface area contributed by atoms with Crippen LogP contribution in [0.1, 0.15) is 25.5 Å². The summed E-state index contributed by atoms with van der Waals surface area (Å²) in [5.41, 5.74) is 7.55. The number of methoxy groups -OCH3 is 1. The van der Waals surface area contributed by atoms with E-state index in [1.54, 1.807) is 7.11 Å². The van der Waals surface area contributed by atoms with Gasteiger partial charge in [0.2, 0.25) is 5.82 Å². The second-order valence-corrected chi connectivity index (χ2v) is 6.10. The second-order valence-electron chi connectivity index (χ2n) is 5.07. The van der Waals surface area contributed by atoms with E-state index in [1.165, 1.54) is 11.3 Å². The number of nitrogen functional groups attached to an aromatic ring is 1. The molecule has 0 aliphatic heterocycles. The summed E-state index contributed by atoms with van der Waals surface area (Å²) in [6.07, 6.45) is 0. The number of thiazole rings is 1. The quantitative estimate of drug-likeness (QED) is 0.791. The molecule has 2 heterocycles. The zero-order valence-corrected chi connectivity index (χ0v) is 13.3. The van der Waals surface area contributed by atoms with E-state index in [4.69, 9.17) is 15.0 Å². The lowest BCUT2D eigenvalue weighted by Crippen LogP contribution is -1.91. The van der Waals surface area contributed by atoms with Gasteiger partial charge in [0.25, 0.3) is 5.89 Å². The van der Waals surface area contributed by atoms with Gasteiger partial charge in [-0.1, -0.05) is 30.3 Å². The van der Waals surface area contributed by atoms with E-state index in [2.05, 4.69) is 29.0 Å². The largest absolute Gasteiger partial charge is 0.497 e. The Labute approximate surface area is 132 Å². The van der Waals surface area contributed by atoms with E-state index < -0.39 is 0 Å². The first kappa shape index (κ1) is 14.5. The van der Waals surface area contributed by atoms with Crippen LogP contribution in [0.5, 0.6) is 5.75 Å². The highest BCUT2D eigenvalue weighted by Gasteiger charge is 2.20. The van der Waals surface area contributed by atoms with E-state index in [0.29, 0.717) is 16.8 Å². The Bertz CT molecular complexity index is 777. The van der Waals surface area contributed by atoms with Crippen molar-refractivity contribution in [3.8, 4) is 27.9 Å². The molecule has 0 atom stereocenters. The van der Waals surface area contributed by atoms with Crippen molar-refractivity contribution >= 4 is 16.5 Å². The van der Waals surface area contributed by atoms with Gasteiger partial charge in [-0.15, -0.1) is 0 Å². The molecule has 3 rings (SSSR count). The molecular formula is C15H16N4O2S. The van der Waals surface area contributed by atoms with Crippen LogP contribution in [0.25, 0.3) is 22.2 Å². The third-order valence-corrected chi connectivity index (χ3v) is 4.07. The molecule has 0 saturated carbocycles. The van der Waals surface area contributed by atoms with Crippen molar-refractivity contribution in [2.75, 3.05) is 12.8 Å². The minimum atomic E-state index is 0.236. The lowest BCUT2D eigenvalue weighted by atomic mass is 10.1. The normalized spacial score (nSPS) is 11.1. The summed E-state index contributed by atoms with van der Waals surface area (Å²) in [4.78, 5) is 9.64. The molecule has 7 heteroatoms. The summed E-state index contributed by atoms with van der Waals surface area (Å²) in [6.45, 7) is 4.11. The molecule has 6 nitrogen and oxygen atoms in total. The first-order chi connectivity index (χ1) is 10.6. The lowest BCUT2D eigenvalue weighted by molar-refractivity contribution is 0.415. The van der Waals surface area contributed by atoms with Gasteiger partial charge in [-0.2, -0.15) is 4.98 Å². The van der Waals surface area contributed by atoms with E-state index in [1.807, 2.05) is 24.3 Å². The van der Waals surface area contributed by atoms with Gasteiger partial charge in [-0.3, -0.25) is 0 Å². The lowest BCUT2D eigenvalue weighted by Gasteiger charge is -2.00. The van der Waals surface area contributed by atoms with Gasteiger partial charge >= 0.3 is 0 Å². The summed E-state index contributed by atoms with van der Waals surface area (Å²) >= 11 is 1.36. The van der Waals surface area contributed by atoms with E-state index in [0.717, 1.165) is 21.9 Å². The molecule has 2 N–H and O–H groups in total. The van der Waals surface area contributed by atoms with Crippen LogP contribution in [0.2, 0.25) is 0 Å². The predicted molar refractivity (Wildman–Crippen MR) is 85.9 cm³/mol. The summed E-state index contributed by atoms with van der Waals surface area (Å²) < 4.78 is 10.5. The van der Waals surface area contributed by atoms with Crippen molar-refractivity contribution in [3.63, 3.8) is 0 Å². The summed E-state index contributed by atoms with van der Waals surface area (Å²) in [7, 11) is 1.63. The fraction of sp³-hybridized carbons (Fsp3) is 0.267. The number of anilines is 1. The van der Waals surface area contributed by atoms with E-state index >= 15 is 0 Å². The van der Waals surface area contributed by atoms with Crippen molar-refractivity contribution in [1.29, 1.82) is 0 Å². The zero-order chi connectivity index (χ0) is 15.7. The third kappa shape index (κ3) is 2.67. The summed E-state index contributed by atoms with van der Waals surface area (Å²) in [5, 5.41) is 4.54. The molecule has 1 aromatic carbocycles. The van der Waals surface area contributed by atoms with Crippen LogP contribution in [0, 0.1) is 0 Å². The molecule has 22 heavy (non-hydrogen) atoms. The van der Waals surface area contributed by atoms with Crippen LogP contribution in [-0.4, -0.2) is 22.2 Å². The average Bonchev–Trinajstić information content (AvgIpc) is 3.13. The van der Waals surface area contributed by atoms with E-state index in [-0.39, 0.29) is 5.92 Å². The van der Waals surface area contributed by atoms with Crippen molar-refractivity contribution in [3.05, 3.63) is 30.0 Å². The number of rotatable bonds is 4. The molecule has 0 unspecified atom stereocenters. The van der Waals surface area contributed by atoms with Crippen molar-refractivity contribution in [1.82, 2.24) is 15.1 Å². The molecule has 0 saturated heterocycles. The maximum atomic E-state index is 5.81. The van der Waals surface area contributed by atoms with Crippen LogP contribution in [-0.2, 0) is 0 Å². The number of nitrogens with zero attached hydrogens (tertiary/aromatic N) is 3. The van der Waals surface area contributed by atoms with Crippen molar-refractivity contribution in [2.45, 2.75) is 19.8 Å². The second kappa shape index (κ2) is 5.76. The Kier molecular flexibility index (Phi) is 3.81. The number of ether oxygens (including phenoxy) is 1. The van der Waals surface area contributed by atoms with Gasteiger partial charge in [-0.05, 0) is 30.2 Å². The van der Waals surface area contributed by atoms with E-state index in [9.17, 15) is 0 Å². The van der Waals surface area contributed by atoms with Crippen LogP contribution >= 0.6 is 11.3 Å². The molecule has 0 aliphatic rings. The standard InChI is InChI=1S/C15H16N4O2S/c1-8(2)11-12(22-15(16)17-11)14-18-13(19-21-14)9-4-6-10(20-3)7-5-9/h4-8H,1-3H3,(H2,16,17). The Morgan fingerprint density at radius 3 is 2.55 bits per heavy atom. The Hall–Kier alpha value is -2.41. The van der Waals surface area contributed by atoms with Gasteiger partial charge in [0.1, 0.15) is 10.6 Å². The van der Waals surface area contributed by atoms with Gasteiger partial charge in [-0.25, -0.2) is 4.98 Å². The molecule has 2 aromatic heterocycles. The maximum absolute atomic E-state index is 5.81. The summed E-state index contributed by atoms with van der Waals surface area (Å²) in [5.74, 6) is 1.99. The molecule has 0 aliphatic carbocycles. The number of nitrogens with two attached hydrogens (primary N) is 1. The minimum absolute atomic E-state index is 0.236. The first-order valence-electron chi connectivity index (χ1n) is 6.83. The highest BCUT2D eigenvalue weighted by molar-refractivity contribution is 7.18. The average molecular weight is 316 g/mol. The highest BCUT2D eigenvalue weighted by atomic mass is 32.1. The smallest absolute Gasteiger partial charge is 0.270 e. The number of benzene rings is 1. The zero-order valence-electron chi connectivity index (χ0n) is 12.5. The van der Waals surface area contributed by atoms with Gasteiger partial charge in [0.05, 0.1) is 12.8 Å². The first-order valence-corrected chi connectivity index (χ1v) is 7.65. The van der Waals surface area contributed by atoms with Crippen LogP contribution in [0.3, 0.4) is 0 Å². The Morgan fingerprint density at radius 1 is 1.18 bits per heavy atom. The fourth-order valence-electron chi connectivity index (χ4n) is 2.07. The molecule has 114 valence electrons. The molecule has 0 amide bonds. The maximum Gasteiger partial charge on any atom is 0.270 e. The van der Waals surface area contributed by atoms with Gasteiger partial charge in [0.15, 0.2) is 5.13 Å². The Balaban J connectivity index is 1.96.